The van der Waals surface area contributed by atoms with E-state index in [1.54, 1.807) is 0 Å². The molecule has 1 fully saturated rings. The van der Waals surface area contributed by atoms with Gasteiger partial charge in [0.25, 0.3) is 0 Å². The summed E-state index contributed by atoms with van der Waals surface area (Å²) in [7, 11) is 0. The van der Waals surface area contributed by atoms with Crippen LogP contribution >= 0.6 is 0 Å². The van der Waals surface area contributed by atoms with Crippen LogP contribution in [0.5, 0.6) is 0 Å². The topological polar surface area (TPSA) is 21.3 Å². The molecule has 0 heterocycles. The van der Waals surface area contributed by atoms with E-state index in [4.69, 9.17) is 4.74 Å². The summed E-state index contributed by atoms with van der Waals surface area (Å²) >= 11 is 0. The Bertz CT molecular complexity index is 127. The first kappa shape index (κ1) is 11.0. The van der Waals surface area contributed by atoms with Crippen LogP contribution in [0.15, 0.2) is 0 Å². The molecule has 0 spiro atoms. The molecule has 2 heteroatoms. The summed E-state index contributed by atoms with van der Waals surface area (Å²) in [5, 5.41) is 3.56. The van der Waals surface area contributed by atoms with Crippen LogP contribution < -0.4 is 5.32 Å². The quantitative estimate of drug-likeness (QED) is 0.640. The molecule has 2 nitrogen and oxygen atoms in total. The van der Waals surface area contributed by atoms with Crippen LogP contribution in [0.25, 0.3) is 0 Å². The summed E-state index contributed by atoms with van der Waals surface area (Å²) < 4.78 is 5.28. The zero-order valence-electron chi connectivity index (χ0n) is 9.01. The summed E-state index contributed by atoms with van der Waals surface area (Å²) in [5.41, 5.74) is 0. The maximum Gasteiger partial charge on any atom is 0.0590 e. The van der Waals surface area contributed by atoms with Crippen LogP contribution in [0.2, 0.25) is 0 Å². The monoisotopic (exact) mass is 185 g/mol. The average Bonchev–Trinajstić information content (AvgIpc) is 2.60. The van der Waals surface area contributed by atoms with E-state index in [0.717, 1.165) is 31.7 Å². The van der Waals surface area contributed by atoms with Crippen molar-refractivity contribution in [2.75, 3.05) is 19.8 Å². The second-order valence-electron chi connectivity index (χ2n) is 3.94. The van der Waals surface area contributed by atoms with E-state index < -0.39 is 0 Å². The van der Waals surface area contributed by atoms with Crippen molar-refractivity contribution in [1.29, 1.82) is 0 Å². The van der Waals surface area contributed by atoms with Gasteiger partial charge in [-0.2, -0.15) is 0 Å². The van der Waals surface area contributed by atoms with E-state index in [-0.39, 0.29) is 0 Å². The minimum atomic E-state index is 0.769. The smallest absolute Gasteiger partial charge is 0.0590 e. The van der Waals surface area contributed by atoms with Crippen molar-refractivity contribution in [2.45, 2.75) is 45.6 Å². The lowest BCUT2D eigenvalue weighted by atomic mass is 10.1. The number of hydrogen-bond donors (Lipinski definition) is 1. The van der Waals surface area contributed by atoms with Crippen LogP contribution in [0.3, 0.4) is 0 Å². The van der Waals surface area contributed by atoms with Gasteiger partial charge >= 0.3 is 0 Å². The van der Waals surface area contributed by atoms with Gasteiger partial charge in [0.15, 0.2) is 0 Å². The first-order valence-corrected chi connectivity index (χ1v) is 5.68. The highest BCUT2D eigenvalue weighted by Crippen LogP contribution is 2.27. The molecule has 1 saturated carbocycles. The van der Waals surface area contributed by atoms with Gasteiger partial charge in [-0.3, -0.25) is 0 Å². The maximum absolute atomic E-state index is 5.28. The van der Waals surface area contributed by atoms with E-state index in [1.165, 1.54) is 25.7 Å². The standard InChI is InChI=1S/C11H23NO/c1-3-10-5-6-11(9-10)12-7-8-13-4-2/h10-12H,3-9H2,1-2H3. The third kappa shape index (κ3) is 4.10. The Labute approximate surface area is 82.0 Å². The Morgan fingerprint density at radius 1 is 1.31 bits per heavy atom. The largest absolute Gasteiger partial charge is 0.380 e. The van der Waals surface area contributed by atoms with Gasteiger partial charge in [-0.1, -0.05) is 13.3 Å². The van der Waals surface area contributed by atoms with Crippen LogP contribution in [0, 0.1) is 5.92 Å². The van der Waals surface area contributed by atoms with Crippen LogP contribution in [0.4, 0.5) is 0 Å². The third-order valence-corrected chi connectivity index (χ3v) is 3.00. The fraction of sp³-hybridized carbons (Fsp3) is 1.00. The molecule has 0 amide bonds. The maximum atomic E-state index is 5.28. The predicted octanol–water partition coefficient (Wildman–Crippen LogP) is 2.19. The fourth-order valence-corrected chi connectivity index (χ4v) is 2.11. The summed E-state index contributed by atoms with van der Waals surface area (Å²) in [6, 6.07) is 0.769. The third-order valence-electron chi connectivity index (χ3n) is 3.00. The number of hydrogen-bond acceptors (Lipinski definition) is 2. The van der Waals surface area contributed by atoms with Gasteiger partial charge in [0.05, 0.1) is 6.61 Å². The van der Waals surface area contributed by atoms with E-state index in [1.807, 2.05) is 6.92 Å². The molecule has 0 radical (unpaired) electrons. The van der Waals surface area contributed by atoms with Crippen molar-refractivity contribution in [3.05, 3.63) is 0 Å². The highest BCUT2D eigenvalue weighted by molar-refractivity contribution is 4.79. The van der Waals surface area contributed by atoms with Gasteiger partial charge in [-0.05, 0) is 32.1 Å². The number of rotatable bonds is 6. The van der Waals surface area contributed by atoms with E-state index in [0.29, 0.717) is 0 Å². The lowest BCUT2D eigenvalue weighted by molar-refractivity contribution is 0.146. The first-order chi connectivity index (χ1) is 6.36. The molecule has 0 aromatic rings. The highest BCUT2D eigenvalue weighted by atomic mass is 16.5. The molecular weight excluding hydrogens is 162 g/mol. The molecule has 0 aromatic heterocycles. The average molecular weight is 185 g/mol. The normalized spacial score (nSPS) is 28.2. The van der Waals surface area contributed by atoms with Crippen molar-refractivity contribution < 1.29 is 4.74 Å². The highest BCUT2D eigenvalue weighted by Gasteiger charge is 2.22. The second kappa shape index (κ2) is 6.39. The first-order valence-electron chi connectivity index (χ1n) is 5.68. The van der Waals surface area contributed by atoms with Crippen LogP contribution in [-0.4, -0.2) is 25.8 Å². The molecule has 0 aromatic carbocycles. The Morgan fingerprint density at radius 2 is 2.15 bits per heavy atom. The van der Waals surface area contributed by atoms with Gasteiger partial charge in [0.2, 0.25) is 0 Å². The second-order valence-corrected chi connectivity index (χ2v) is 3.94. The van der Waals surface area contributed by atoms with E-state index in [9.17, 15) is 0 Å². The minimum absolute atomic E-state index is 0.769. The molecule has 1 N–H and O–H groups in total. The zero-order chi connectivity index (χ0) is 9.52. The van der Waals surface area contributed by atoms with Crippen LogP contribution in [0.1, 0.15) is 39.5 Å². The number of nitrogens with one attached hydrogen (secondary N) is 1. The minimum Gasteiger partial charge on any atom is -0.380 e. The molecule has 1 rings (SSSR count). The van der Waals surface area contributed by atoms with Crippen molar-refractivity contribution in [3.8, 4) is 0 Å². The SMILES string of the molecule is CCOCCNC1CCC(CC)C1. The molecule has 2 unspecified atom stereocenters. The number of ether oxygens (including phenoxy) is 1. The van der Waals surface area contributed by atoms with Gasteiger partial charge in [-0.25, -0.2) is 0 Å². The molecule has 1 aliphatic carbocycles. The van der Waals surface area contributed by atoms with Crippen LogP contribution in [-0.2, 0) is 4.74 Å². The fourth-order valence-electron chi connectivity index (χ4n) is 2.11. The van der Waals surface area contributed by atoms with Gasteiger partial charge in [0, 0.05) is 19.2 Å². The van der Waals surface area contributed by atoms with Crippen molar-refractivity contribution in [2.24, 2.45) is 5.92 Å². The molecule has 0 aliphatic heterocycles. The molecular formula is C11H23NO. The summed E-state index contributed by atoms with van der Waals surface area (Å²) in [6.45, 7) is 7.07. The molecule has 0 bridgehead atoms. The molecule has 2 atom stereocenters. The lowest BCUT2D eigenvalue weighted by Crippen LogP contribution is -2.29. The van der Waals surface area contributed by atoms with Crippen molar-refractivity contribution in [3.63, 3.8) is 0 Å². The summed E-state index contributed by atoms with van der Waals surface area (Å²) in [6.07, 6.45) is 5.51. The molecule has 78 valence electrons. The van der Waals surface area contributed by atoms with Gasteiger partial charge in [0.1, 0.15) is 0 Å². The Morgan fingerprint density at radius 3 is 2.77 bits per heavy atom. The molecule has 1 aliphatic rings. The lowest BCUT2D eigenvalue weighted by Gasteiger charge is -2.12. The molecule has 13 heavy (non-hydrogen) atoms. The van der Waals surface area contributed by atoms with Crippen molar-refractivity contribution >= 4 is 0 Å². The predicted molar refractivity (Wildman–Crippen MR) is 55.9 cm³/mol. The Kier molecular flexibility index (Phi) is 5.40. The summed E-state index contributed by atoms with van der Waals surface area (Å²) in [5.74, 6) is 0.976. The molecule has 0 saturated heterocycles. The van der Waals surface area contributed by atoms with E-state index >= 15 is 0 Å². The van der Waals surface area contributed by atoms with Gasteiger partial charge < -0.3 is 10.1 Å². The van der Waals surface area contributed by atoms with E-state index in [2.05, 4.69) is 12.2 Å². The van der Waals surface area contributed by atoms with Crippen molar-refractivity contribution in [1.82, 2.24) is 5.32 Å². The Hall–Kier alpha value is -0.0800. The zero-order valence-corrected chi connectivity index (χ0v) is 9.01. The Balaban J connectivity index is 1.97. The summed E-state index contributed by atoms with van der Waals surface area (Å²) in [4.78, 5) is 0. The van der Waals surface area contributed by atoms with Gasteiger partial charge in [-0.15, -0.1) is 0 Å².